The summed E-state index contributed by atoms with van der Waals surface area (Å²) in [6.45, 7) is 2.77. The number of rotatable bonds is 18. The minimum Gasteiger partial charge on any atom is -0.493 e. The highest BCUT2D eigenvalue weighted by Crippen LogP contribution is 2.26. The number of benzene rings is 1. The van der Waals surface area contributed by atoms with Crippen LogP contribution < -0.4 is 9.47 Å². The van der Waals surface area contributed by atoms with Gasteiger partial charge in [0.05, 0.1) is 13.7 Å². The number of methoxy groups -OCH3 is 1. The van der Waals surface area contributed by atoms with Crippen molar-refractivity contribution in [2.75, 3.05) is 13.7 Å². The van der Waals surface area contributed by atoms with E-state index in [2.05, 4.69) is 6.92 Å². The maximum Gasteiger partial charge on any atom is 0.311 e. The van der Waals surface area contributed by atoms with E-state index in [1.54, 1.807) is 25.3 Å². The summed E-state index contributed by atoms with van der Waals surface area (Å²) < 4.78 is 15.8. The Labute approximate surface area is 182 Å². The Morgan fingerprint density at radius 2 is 1.23 bits per heavy atom. The van der Waals surface area contributed by atoms with Crippen molar-refractivity contribution in [3.05, 3.63) is 24.3 Å². The van der Waals surface area contributed by atoms with E-state index in [4.69, 9.17) is 14.2 Å². The van der Waals surface area contributed by atoms with Crippen molar-refractivity contribution in [3.63, 3.8) is 0 Å². The first-order valence-corrected chi connectivity index (χ1v) is 11.7. The Balaban J connectivity index is 1.94. The molecule has 5 heteroatoms. The molecule has 0 atom stereocenters. The molecule has 0 heterocycles. The van der Waals surface area contributed by atoms with Gasteiger partial charge < -0.3 is 14.2 Å². The van der Waals surface area contributed by atoms with E-state index >= 15 is 0 Å². The van der Waals surface area contributed by atoms with Crippen LogP contribution in [0.2, 0.25) is 0 Å². The monoisotopic (exact) mass is 420 g/mol. The van der Waals surface area contributed by atoms with E-state index in [0.717, 1.165) is 25.7 Å². The number of esters is 2. The number of carbonyl (C=O) groups is 2. The molecule has 0 N–H and O–H groups in total. The van der Waals surface area contributed by atoms with Gasteiger partial charge in [0.25, 0.3) is 0 Å². The van der Waals surface area contributed by atoms with Crippen LogP contribution in [0.3, 0.4) is 0 Å². The van der Waals surface area contributed by atoms with E-state index < -0.39 is 0 Å². The Hall–Kier alpha value is -2.04. The van der Waals surface area contributed by atoms with Gasteiger partial charge in [0.15, 0.2) is 11.5 Å². The number of carbonyl (C=O) groups excluding carboxylic acids is 2. The molecular weight excluding hydrogens is 380 g/mol. The third-order valence-corrected chi connectivity index (χ3v) is 5.07. The summed E-state index contributed by atoms with van der Waals surface area (Å²) in [6, 6.07) is 7.08. The third kappa shape index (κ3) is 13.2. The lowest BCUT2D eigenvalue weighted by molar-refractivity contribution is -0.143. The van der Waals surface area contributed by atoms with Gasteiger partial charge in [-0.3, -0.25) is 9.59 Å². The van der Waals surface area contributed by atoms with Gasteiger partial charge in [-0.25, -0.2) is 0 Å². The van der Waals surface area contributed by atoms with Crippen LogP contribution >= 0.6 is 0 Å². The van der Waals surface area contributed by atoms with Crippen LogP contribution in [-0.2, 0) is 14.3 Å². The van der Waals surface area contributed by atoms with Gasteiger partial charge in [-0.2, -0.15) is 0 Å². The summed E-state index contributed by atoms with van der Waals surface area (Å²) in [5.74, 6) is 0.559. The molecule has 0 fully saturated rings. The quantitative estimate of drug-likeness (QED) is 0.152. The molecule has 0 amide bonds. The van der Waals surface area contributed by atoms with Crippen LogP contribution in [-0.4, -0.2) is 25.7 Å². The van der Waals surface area contributed by atoms with E-state index in [1.807, 2.05) is 6.07 Å². The topological polar surface area (TPSA) is 61.8 Å². The molecule has 0 aliphatic carbocycles. The van der Waals surface area contributed by atoms with E-state index in [1.165, 1.54) is 44.9 Å². The summed E-state index contributed by atoms with van der Waals surface area (Å²) in [4.78, 5) is 23.7. The van der Waals surface area contributed by atoms with E-state index in [-0.39, 0.29) is 11.9 Å². The van der Waals surface area contributed by atoms with Crippen LogP contribution in [0.4, 0.5) is 0 Å². The fraction of sp³-hybridized carbons (Fsp3) is 0.680. The van der Waals surface area contributed by atoms with Crippen LogP contribution in [0.15, 0.2) is 24.3 Å². The summed E-state index contributed by atoms with van der Waals surface area (Å²) in [5.41, 5.74) is 0. The fourth-order valence-electron chi connectivity index (χ4n) is 3.26. The first-order chi connectivity index (χ1) is 14.7. The highest BCUT2D eigenvalue weighted by molar-refractivity contribution is 5.73. The summed E-state index contributed by atoms with van der Waals surface area (Å²) in [7, 11) is 1.54. The molecule has 1 aromatic carbocycles. The van der Waals surface area contributed by atoms with Gasteiger partial charge >= 0.3 is 11.9 Å². The summed E-state index contributed by atoms with van der Waals surface area (Å²) in [6.07, 6.45) is 14.3. The highest BCUT2D eigenvalue weighted by Gasteiger charge is 2.09. The van der Waals surface area contributed by atoms with Crippen LogP contribution in [0.5, 0.6) is 11.5 Å². The Kier molecular flexibility index (Phi) is 15.4. The molecule has 30 heavy (non-hydrogen) atoms. The molecule has 0 aromatic heterocycles. The summed E-state index contributed by atoms with van der Waals surface area (Å²) in [5, 5.41) is 0. The number of hydrogen-bond donors (Lipinski definition) is 0. The lowest BCUT2D eigenvalue weighted by atomic mass is 10.1. The molecule has 1 aromatic rings. The largest absolute Gasteiger partial charge is 0.493 e. The predicted molar refractivity (Wildman–Crippen MR) is 120 cm³/mol. The van der Waals surface area contributed by atoms with Crippen molar-refractivity contribution in [3.8, 4) is 11.5 Å². The van der Waals surface area contributed by atoms with Crippen LogP contribution in [0.1, 0.15) is 96.8 Å². The first kappa shape index (κ1) is 26.0. The van der Waals surface area contributed by atoms with Crippen molar-refractivity contribution < 1.29 is 23.8 Å². The SMILES string of the molecule is CCCCCCCCCCCOC(=O)CCCCCC(=O)Oc1ccccc1OC. The van der Waals surface area contributed by atoms with E-state index in [9.17, 15) is 9.59 Å². The smallest absolute Gasteiger partial charge is 0.311 e. The molecular formula is C25H40O5. The Morgan fingerprint density at radius 1 is 0.700 bits per heavy atom. The molecule has 0 radical (unpaired) electrons. The maximum atomic E-state index is 11.9. The second-order valence-electron chi connectivity index (χ2n) is 7.73. The Bertz CT molecular complexity index is 585. The second kappa shape index (κ2) is 17.8. The molecule has 0 bridgehead atoms. The zero-order valence-electron chi connectivity index (χ0n) is 19.0. The van der Waals surface area contributed by atoms with Crippen molar-refractivity contribution >= 4 is 11.9 Å². The van der Waals surface area contributed by atoms with Gasteiger partial charge in [0.1, 0.15) is 0 Å². The zero-order chi connectivity index (χ0) is 21.9. The molecule has 0 spiro atoms. The lowest BCUT2D eigenvalue weighted by Gasteiger charge is -2.08. The second-order valence-corrected chi connectivity index (χ2v) is 7.73. The number of para-hydroxylation sites is 2. The van der Waals surface area contributed by atoms with Crippen LogP contribution in [0.25, 0.3) is 0 Å². The number of hydrogen-bond acceptors (Lipinski definition) is 5. The van der Waals surface area contributed by atoms with Gasteiger partial charge in [0, 0.05) is 12.8 Å². The molecule has 0 saturated heterocycles. The molecule has 0 aliphatic heterocycles. The molecule has 0 saturated carbocycles. The molecule has 1 rings (SSSR count). The van der Waals surface area contributed by atoms with Crippen molar-refractivity contribution in [1.29, 1.82) is 0 Å². The van der Waals surface area contributed by atoms with Gasteiger partial charge in [0.2, 0.25) is 0 Å². The molecule has 0 aliphatic rings. The zero-order valence-corrected chi connectivity index (χ0v) is 19.0. The minimum absolute atomic E-state index is 0.133. The number of unbranched alkanes of at least 4 members (excludes halogenated alkanes) is 10. The fourth-order valence-corrected chi connectivity index (χ4v) is 3.26. The highest BCUT2D eigenvalue weighted by atomic mass is 16.6. The maximum absolute atomic E-state index is 11.9. The third-order valence-electron chi connectivity index (χ3n) is 5.07. The van der Waals surface area contributed by atoms with Crippen LogP contribution in [0, 0.1) is 0 Å². The first-order valence-electron chi connectivity index (χ1n) is 11.7. The Morgan fingerprint density at radius 3 is 1.87 bits per heavy atom. The van der Waals surface area contributed by atoms with Gasteiger partial charge in [-0.05, 0) is 31.4 Å². The van der Waals surface area contributed by atoms with Crippen molar-refractivity contribution in [1.82, 2.24) is 0 Å². The molecule has 0 unspecified atom stereocenters. The minimum atomic E-state index is -0.285. The van der Waals surface area contributed by atoms with Gasteiger partial charge in [-0.1, -0.05) is 76.8 Å². The lowest BCUT2D eigenvalue weighted by Crippen LogP contribution is -2.09. The average molecular weight is 421 g/mol. The molecule has 5 nitrogen and oxygen atoms in total. The standard InChI is InChI=1S/C25H40O5/c1-3-4-5-6-7-8-9-10-16-21-29-24(26)19-12-11-13-20-25(27)30-23-18-15-14-17-22(23)28-2/h14-15,17-18H,3-13,16,19-21H2,1-2H3. The van der Waals surface area contributed by atoms with Gasteiger partial charge in [-0.15, -0.1) is 0 Å². The van der Waals surface area contributed by atoms with E-state index in [0.29, 0.717) is 37.4 Å². The molecule has 170 valence electrons. The number of ether oxygens (including phenoxy) is 3. The predicted octanol–water partition coefficient (Wildman–Crippen LogP) is 6.63. The average Bonchev–Trinajstić information content (AvgIpc) is 2.75. The normalized spacial score (nSPS) is 10.6. The van der Waals surface area contributed by atoms with Crippen molar-refractivity contribution in [2.45, 2.75) is 96.8 Å². The van der Waals surface area contributed by atoms with Crippen molar-refractivity contribution in [2.24, 2.45) is 0 Å². The summed E-state index contributed by atoms with van der Waals surface area (Å²) >= 11 is 0.